The molecule has 1 amide bonds. The van der Waals surface area contributed by atoms with E-state index in [4.69, 9.17) is 0 Å². The molecule has 22 heavy (non-hydrogen) atoms. The number of carbonyl (C=O) groups is 1. The van der Waals surface area contributed by atoms with Crippen LogP contribution in [0, 0.1) is 6.92 Å². The van der Waals surface area contributed by atoms with Gasteiger partial charge < -0.3 is 10.3 Å². The number of carbonyl (C=O) groups excluding carboxylic acids is 1. The molecular formula is C19H18N2O. The third-order valence-corrected chi connectivity index (χ3v) is 4.42. The Kier molecular flexibility index (Phi) is 3.00. The topological polar surface area (TPSA) is 44.9 Å². The van der Waals surface area contributed by atoms with Crippen LogP contribution in [0.3, 0.4) is 0 Å². The van der Waals surface area contributed by atoms with E-state index in [1.165, 1.54) is 22.2 Å². The molecule has 0 fully saturated rings. The predicted molar refractivity (Wildman–Crippen MR) is 88.1 cm³/mol. The number of aryl methyl sites for hydroxylation is 1. The van der Waals surface area contributed by atoms with Crippen molar-refractivity contribution in [3.8, 4) is 0 Å². The van der Waals surface area contributed by atoms with Gasteiger partial charge in [0.25, 0.3) is 5.91 Å². The average Bonchev–Trinajstić information content (AvgIpc) is 3.04. The molecule has 0 saturated heterocycles. The van der Waals surface area contributed by atoms with Gasteiger partial charge in [0.2, 0.25) is 0 Å². The number of benzene rings is 2. The van der Waals surface area contributed by atoms with E-state index in [1.54, 1.807) is 0 Å². The van der Waals surface area contributed by atoms with E-state index in [1.807, 2.05) is 37.3 Å². The van der Waals surface area contributed by atoms with Crippen LogP contribution in [0.2, 0.25) is 0 Å². The van der Waals surface area contributed by atoms with Gasteiger partial charge in [-0.1, -0.05) is 35.9 Å². The molecule has 0 aliphatic heterocycles. The zero-order valence-corrected chi connectivity index (χ0v) is 12.5. The van der Waals surface area contributed by atoms with Crippen molar-refractivity contribution in [3.63, 3.8) is 0 Å². The van der Waals surface area contributed by atoms with Crippen molar-refractivity contribution in [3.05, 3.63) is 70.9 Å². The molecule has 4 rings (SSSR count). The summed E-state index contributed by atoms with van der Waals surface area (Å²) in [7, 11) is 0. The highest BCUT2D eigenvalue weighted by molar-refractivity contribution is 5.95. The number of aromatic nitrogens is 1. The van der Waals surface area contributed by atoms with E-state index in [9.17, 15) is 4.79 Å². The Balaban J connectivity index is 1.53. The molecule has 1 unspecified atom stereocenters. The lowest BCUT2D eigenvalue weighted by Crippen LogP contribution is -2.35. The van der Waals surface area contributed by atoms with Crippen molar-refractivity contribution in [2.45, 2.75) is 25.8 Å². The monoisotopic (exact) mass is 290 g/mol. The molecule has 1 heterocycles. The van der Waals surface area contributed by atoms with Crippen molar-refractivity contribution < 1.29 is 4.79 Å². The molecule has 0 radical (unpaired) electrons. The lowest BCUT2D eigenvalue weighted by atomic mass is 10.1. The van der Waals surface area contributed by atoms with Gasteiger partial charge in [-0.15, -0.1) is 0 Å². The average molecular weight is 290 g/mol. The molecule has 3 heteroatoms. The smallest absolute Gasteiger partial charge is 0.251 e. The molecule has 3 aromatic rings. The van der Waals surface area contributed by atoms with Crippen LogP contribution in [-0.2, 0) is 12.8 Å². The summed E-state index contributed by atoms with van der Waals surface area (Å²) < 4.78 is 0. The van der Waals surface area contributed by atoms with Crippen LogP contribution in [0.1, 0.15) is 27.2 Å². The van der Waals surface area contributed by atoms with Gasteiger partial charge in [0.1, 0.15) is 0 Å². The second kappa shape index (κ2) is 5.02. The first-order valence-electron chi connectivity index (χ1n) is 7.67. The predicted octanol–water partition coefficient (Wildman–Crippen LogP) is 3.37. The second-order valence-electron chi connectivity index (χ2n) is 6.08. The minimum atomic E-state index is 0.0168. The maximum absolute atomic E-state index is 12.4. The number of rotatable bonds is 2. The summed E-state index contributed by atoms with van der Waals surface area (Å²) in [5, 5.41) is 4.44. The van der Waals surface area contributed by atoms with Crippen LogP contribution in [0.25, 0.3) is 10.9 Å². The Morgan fingerprint density at radius 2 is 2.00 bits per heavy atom. The highest BCUT2D eigenvalue weighted by Crippen LogP contribution is 2.30. The minimum Gasteiger partial charge on any atom is -0.358 e. The maximum Gasteiger partial charge on any atom is 0.251 e. The van der Waals surface area contributed by atoms with Gasteiger partial charge in [-0.05, 0) is 37.1 Å². The quantitative estimate of drug-likeness (QED) is 0.746. The molecule has 1 aliphatic carbocycles. The normalized spacial score (nSPS) is 16.7. The minimum absolute atomic E-state index is 0.0168. The van der Waals surface area contributed by atoms with E-state index in [2.05, 4.69) is 28.5 Å². The largest absolute Gasteiger partial charge is 0.358 e. The summed E-state index contributed by atoms with van der Waals surface area (Å²) in [6, 6.07) is 16.3. The van der Waals surface area contributed by atoms with Crippen LogP contribution in [0.4, 0.5) is 0 Å². The van der Waals surface area contributed by atoms with Crippen molar-refractivity contribution in [1.82, 2.24) is 10.3 Å². The van der Waals surface area contributed by atoms with E-state index >= 15 is 0 Å². The van der Waals surface area contributed by atoms with Crippen LogP contribution >= 0.6 is 0 Å². The summed E-state index contributed by atoms with van der Waals surface area (Å²) in [6.07, 6.45) is 1.78. The van der Waals surface area contributed by atoms with Crippen LogP contribution < -0.4 is 5.32 Å². The van der Waals surface area contributed by atoms with E-state index in [-0.39, 0.29) is 11.9 Å². The lowest BCUT2D eigenvalue weighted by Gasteiger charge is -2.13. The number of aromatic amines is 1. The number of fused-ring (bicyclic) bond motifs is 3. The van der Waals surface area contributed by atoms with Gasteiger partial charge in [0, 0.05) is 34.6 Å². The number of nitrogens with one attached hydrogen (secondary N) is 2. The molecule has 110 valence electrons. The fourth-order valence-corrected chi connectivity index (χ4v) is 3.39. The summed E-state index contributed by atoms with van der Waals surface area (Å²) in [6.45, 7) is 2.00. The Labute approximate surface area is 129 Å². The third-order valence-electron chi connectivity index (χ3n) is 4.42. The number of hydrogen-bond acceptors (Lipinski definition) is 1. The highest BCUT2D eigenvalue weighted by atomic mass is 16.1. The lowest BCUT2D eigenvalue weighted by molar-refractivity contribution is 0.0938. The Hall–Kier alpha value is -2.55. The van der Waals surface area contributed by atoms with Gasteiger partial charge in [0.05, 0.1) is 0 Å². The SMILES string of the molecule is Cc1cccc(C(=O)NC2Cc3[nH]c4ccccc4c3C2)c1. The van der Waals surface area contributed by atoms with E-state index < -0.39 is 0 Å². The Bertz CT molecular complexity index is 863. The van der Waals surface area contributed by atoms with Gasteiger partial charge >= 0.3 is 0 Å². The van der Waals surface area contributed by atoms with Gasteiger partial charge in [-0.25, -0.2) is 0 Å². The van der Waals surface area contributed by atoms with Crippen molar-refractivity contribution >= 4 is 16.8 Å². The third kappa shape index (κ3) is 2.19. The second-order valence-corrected chi connectivity index (χ2v) is 6.08. The van der Waals surface area contributed by atoms with Crippen molar-refractivity contribution in [1.29, 1.82) is 0 Å². The fraction of sp³-hybridized carbons (Fsp3) is 0.211. The zero-order chi connectivity index (χ0) is 15.1. The molecule has 2 N–H and O–H groups in total. The summed E-state index contributed by atoms with van der Waals surface area (Å²) in [4.78, 5) is 15.8. The molecule has 0 spiro atoms. The van der Waals surface area contributed by atoms with E-state index in [0.717, 1.165) is 24.0 Å². The fourth-order valence-electron chi connectivity index (χ4n) is 3.39. The molecule has 1 atom stereocenters. The Morgan fingerprint density at radius 1 is 1.14 bits per heavy atom. The zero-order valence-electron chi connectivity index (χ0n) is 12.5. The first kappa shape index (κ1) is 13.1. The van der Waals surface area contributed by atoms with Gasteiger partial charge in [-0.3, -0.25) is 4.79 Å². The molecule has 0 saturated carbocycles. The van der Waals surface area contributed by atoms with Gasteiger partial charge in [-0.2, -0.15) is 0 Å². The first-order chi connectivity index (χ1) is 10.7. The number of para-hydroxylation sites is 1. The summed E-state index contributed by atoms with van der Waals surface area (Å²) >= 11 is 0. The number of hydrogen-bond donors (Lipinski definition) is 2. The Morgan fingerprint density at radius 3 is 2.86 bits per heavy atom. The number of H-pyrrole nitrogens is 1. The number of amides is 1. The summed E-state index contributed by atoms with van der Waals surface area (Å²) in [5.74, 6) is 0.0168. The molecular weight excluding hydrogens is 272 g/mol. The maximum atomic E-state index is 12.4. The van der Waals surface area contributed by atoms with Crippen molar-refractivity contribution in [2.24, 2.45) is 0 Å². The molecule has 3 nitrogen and oxygen atoms in total. The molecule has 1 aromatic heterocycles. The highest BCUT2D eigenvalue weighted by Gasteiger charge is 2.26. The van der Waals surface area contributed by atoms with Crippen molar-refractivity contribution in [2.75, 3.05) is 0 Å². The molecule has 2 aromatic carbocycles. The van der Waals surface area contributed by atoms with E-state index in [0.29, 0.717) is 0 Å². The standard InChI is InChI=1S/C19H18N2O/c1-12-5-4-6-13(9-12)19(22)20-14-10-16-15-7-2-3-8-17(15)21-18(16)11-14/h2-9,14,21H,10-11H2,1H3,(H,20,22). The van der Waals surface area contributed by atoms with Crippen LogP contribution in [-0.4, -0.2) is 16.9 Å². The molecule has 0 bridgehead atoms. The van der Waals surface area contributed by atoms with Crippen LogP contribution in [0.5, 0.6) is 0 Å². The van der Waals surface area contributed by atoms with Crippen LogP contribution in [0.15, 0.2) is 48.5 Å². The summed E-state index contributed by atoms with van der Waals surface area (Å²) in [5.41, 5.74) is 5.65. The van der Waals surface area contributed by atoms with Gasteiger partial charge in [0.15, 0.2) is 0 Å². The molecule has 1 aliphatic rings. The first-order valence-corrected chi connectivity index (χ1v) is 7.67.